The van der Waals surface area contributed by atoms with E-state index in [1.807, 2.05) is 134 Å². The van der Waals surface area contributed by atoms with Gasteiger partial charge in [-0.05, 0) is 127 Å². The van der Waals surface area contributed by atoms with Gasteiger partial charge in [0.1, 0.15) is 0 Å². The van der Waals surface area contributed by atoms with Gasteiger partial charge in [-0.1, -0.05) is 188 Å². The summed E-state index contributed by atoms with van der Waals surface area (Å²) in [5.41, 5.74) is 17.0. The maximum absolute atomic E-state index is 16.6. The van der Waals surface area contributed by atoms with Gasteiger partial charge in [0.15, 0.2) is 0 Å². The van der Waals surface area contributed by atoms with Crippen molar-refractivity contribution < 1.29 is 8.78 Å². The Kier molecular flexibility index (Phi) is 11.6. The summed E-state index contributed by atoms with van der Waals surface area (Å²) < 4.78 is 35.8. The van der Waals surface area contributed by atoms with E-state index in [1.54, 1.807) is 12.4 Å². The first-order valence-electron chi connectivity index (χ1n) is 23.8. The van der Waals surface area contributed by atoms with Gasteiger partial charge in [-0.3, -0.25) is 4.98 Å². The molecule has 9 aromatic carbocycles. The monoisotopic (exact) mass is 931 g/mol. The Morgan fingerprint density at radius 1 is 0.250 bits per heavy atom. The van der Waals surface area contributed by atoms with Crippen LogP contribution in [0.2, 0.25) is 0 Å². The molecule has 7 heteroatoms. The first-order chi connectivity index (χ1) is 35.5. The molecule has 0 atom stereocenters. The van der Waals surface area contributed by atoms with E-state index in [0.29, 0.717) is 33.6 Å². The maximum Gasteiger partial charge on any atom is 0.224 e. The Morgan fingerprint density at radius 3 is 1.07 bits per heavy atom. The molecule has 0 saturated carbocycles. The van der Waals surface area contributed by atoms with Gasteiger partial charge in [0.25, 0.3) is 0 Å². The Labute approximate surface area is 416 Å². The third-order valence-electron chi connectivity index (χ3n) is 13.2. The zero-order chi connectivity index (χ0) is 48.4. The van der Waals surface area contributed by atoms with E-state index >= 15 is 8.78 Å². The molecule has 0 aliphatic rings. The molecule has 3 heterocycles. The summed E-state index contributed by atoms with van der Waals surface area (Å²) in [6.45, 7) is 0. The quantitative estimate of drug-likeness (QED) is 0.130. The van der Waals surface area contributed by atoms with Crippen molar-refractivity contribution in [2.45, 2.75) is 0 Å². The first kappa shape index (κ1) is 43.7. The van der Waals surface area contributed by atoms with Gasteiger partial charge in [-0.15, -0.1) is 0 Å². The van der Waals surface area contributed by atoms with Crippen LogP contribution in [0.15, 0.2) is 261 Å². The van der Waals surface area contributed by atoms with Gasteiger partial charge in [-0.25, -0.2) is 9.36 Å². The number of hydrogen-bond donors (Lipinski definition) is 0. The van der Waals surface area contributed by atoms with Crippen molar-refractivity contribution in [3.05, 3.63) is 273 Å². The lowest BCUT2D eigenvalue weighted by molar-refractivity contribution is 0.539. The van der Waals surface area contributed by atoms with Crippen LogP contribution in [-0.4, -0.2) is 24.5 Å². The number of para-hydroxylation sites is 2. The molecule has 0 fully saturated rings. The van der Waals surface area contributed by atoms with Crippen LogP contribution < -0.4 is 0 Å². The Bertz CT molecular complexity index is 3720. The SMILES string of the molecule is Fc1c(-c2ccccc2-c2cc(-c3ccccc3-c3ccc(-c4cccc(-c5ccc(-c6ccccc6)cc5)c4)nc3)cc(-c3ccccc3-c3cnn(-c4ccccc4)c3F)c2)cnn1-c1ccccc1. The minimum atomic E-state index is -0.466. The van der Waals surface area contributed by atoms with E-state index in [-0.39, 0.29) is 0 Å². The van der Waals surface area contributed by atoms with E-state index in [4.69, 9.17) is 4.98 Å². The lowest BCUT2D eigenvalue weighted by atomic mass is 9.87. The molecule has 0 aliphatic carbocycles. The Morgan fingerprint density at radius 2 is 0.597 bits per heavy atom. The van der Waals surface area contributed by atoms with Crippen molar-refractivity contribution in [2.24, 2.45) is 0 Å². The van der Waals surface area contributed by atoms with Crippen LogP contribution in [0.4, 0.5) is 8.78 Å². The third kappa shape index (κ3) is 8.39. The molecule has 12 aromatic rings. The topological polar surface area (TPSA) is 48.5 Å². The molecular formula is C65H43F2N5. The van der Waals surface area contributed by atoms with Gasteiger partial charge in [-0.2, -0.15) is 19.0 Å². The van der Waals surface area contributed by atoms with Gasteiger partial charge in [0.2, 0.25) is 11.9 Å². The highest BCUT2D eigenvalue weighted by Gasteiger charge is 2.22. The van der Waals surface area contributed by atoms with Crippen molar-refractivity contribution in [3.8, 4) is 112 Å². The third-order valence-corrected chi connectivity index (χ3v) is 13.2. The van der Waals surface area contributed by atoms with Crippen LogP contribution in [0.25, 0.3) is 112 Å². The highest BCUT2D eigenvalue weighted by Crippen LogP contribution is 2.43. The fourth-order valence-electron chi connectivity index (χ4n) is 9.61. The van der Waals surface area contributed by atoms with Crippen LogP contribution in [0.1, 0.15) is 0 Å². The van der Waals surface area contributed by atoms with Crippen LogP contribution in [0.5, 0.6) is 0 Å². The standard InChI is InChI=1S/C65H43F2N5/c66-64-61(42-69-71(64)53-21-6-2-7-22-53)59-29-14-12-27-57(59)51-38-50(39-52(40-51)58-28-13-15-30-60(58)62-43-70-72(65(62)67)54-23-8-3-9-24-54)56-26-11-10-25-55(56)49-35-36-63(68-41-49)48-20-16-19-47(37-48)46-33-31-45(32-34-46)44-17-4-1-5-18-44/h1-43H. The fraction of sp³-hybridized carbons (Fsp3) is 0. The molecule has 72 heavy (non-hydrogen) atoms. The lowest BCUT2D eigenvalue weighted by Crippen LogP contribution is -1.99. The second-order valence-electron chi connectivity index (χ2n) is 17.6. The normalized spacial score (nSPS) is 11.2. The number of pyridine rings is 1. The summed E-state index contributed by atoms with van der Waals surface area (Å²) in [7, 11) is 0. The van der Waals surface area contributed by atoms with Gasteiger partial charge in [0.05, 0.1) is 40.6 Å². The number of benzene rings is 9. The minimum absolute atomic E-state index is 0.371. The van der Waals surface area contributed by atoms with Crippen molar-refractivity contribution in [3.63, 3.8) is 0 Å². The molecule has 342 valence electrons. The molecule has 0 bridgehead atoms. The van der Waals surface area contributed by atoms with Crippen LogP contribution >= 0.6 is 0 Å². The van der Waals surface area contributed by atoms with Crippen LogP contribution in [0, 0.1) is 11.9 Å². The molecule has 0 aliphatic heterocycles. The number of aromatic nitrogens is 5. The van der Waals surface area contributed by atoms with Crippen molar-refractivity contribution in [1.29, 1.82) is 0 Å². The minimum Gasteiger partial charge on any atom is -0.256 e. The molecule has 5 nitrogen and oxygen atoms in total. The predicted molar refractivity (Wildman–Crippen MR) is 287 cm³/mol. The molecule has 0 amide bonds. The van der Waals surface area contributed by atoms with Crippen LogP contribution in [0.3, 0.4) is 0 Å². The summed E-state index contributed by atoms with van der Waals surface area (Å²) in [6, 6.07) is 80.7. The molecule has 0 unspecified atom stereocenters. The molecule has 0 saturated heterocycles. The summed E-state index contributed by atoms with van der Waals surface area (Å²) in [4.78, 5) is 5.05. The second-order valence-corrected chi connectivity index (χ2v) is 17.6. The number of hydrogen-bond acceptors (Lipinski definition) is 3. The summed E-state index contributed by atoms with van der Waals surface area (Å²) >= 11 is 0. The summed E-state index contributed by atoms with van der Waals surface area (Å²) in [5, 5.41) is 9.00. The Balaban J connectivity index is 0.956. The molecule has 0 spiro atoms. The smallest absolute Gasteiger partial charge is 0.224 e. The van der Waals surface area contributed by atoms with E-state index in [0.717, 1.165) is 66.9 Å². The second kappa shape index (κ2) is 19.1. The highest BCUT2D eigenvalue weighted by atomic mass is 19.1. The highest BCUT2D eigenvalue weighted by molar-refractivity contribution is 5.94. The van der Waals surface area contributed by atoms with E-state index < -0.39 is 11.9 Å². The van der Waals surface area contributed by atoms with Gasteiger partial charge < -0.3 is 0 Å². The fourth-order valence-corrected chi connectivity index (χ4v) is 9.61. The van der Waals surface area contributed by atoms with E-state index in [1.165, 1.54) is 20.5 Å². The van der Waals surface area contributed by atoms with Gasteiger partial charge >= 0.3 is 0 Å². The van der Waals surface area contributed by atoms with Crippen molar-refractivity contribution in [2.75, 3.05) is 0 Å². The number of halogens is 2. The molecule has 12 rings (SSSR count). The predicted octanol–water partition coefficient (Wildman–Crippen LogP) is 16.7. The average Bonchev–Trinajstić information content (AvgIpc) is 4.05. The number of rotatable bonds is 11. The van der Waals surface area contributed by atoms with Crippen molar-refractivity contribution >= 4 is 0 Å². The molecule has 0 N–H and O–H groups in total. The van der Waals surface area contributed by atoms with Crippen molar-refractivity contribution in [1.82, 2.24) is 24.5 Å². The van der Waals surface area contributed by atoms with Gasteiger partial charge in [0, 0.05) is 17.3 Å². The lowest BCUT2D eigenvalue weighted by Gasteiger charge is -2.17. The summed E-state index contributed by atoms with van der Waals surface area (Å²) in [5.74, 6) is -0.932. The zero-order valence-electron chi connectivity index (χ0n) is 38.8. The average molecular weight is 932 g/mol. The van der Waals surface area contributed by atoms with E-state index in [9.17, 15) is 0 Å². The molecule has 0 radical (unpaired) electrons. The Hall–Kier alpha value is -9.59. The zero-order valence-corrected chi connectivity index (χ0v) is 38.8. The van der Waals surface area contributed by atoms with Crippen LogP contribution in [-0.2, 0) is 0 Å². The maximum atomic E-state index is 16.6. The number of nitrogens with zero attached hydrogens (tertiary/aromatic N) is 5. The molecular weight excluding hydrogens is 889 g/mol. The first-order valence-corrected chi connectivity index (χ1v) is 23.8. The summed E-state index contributed by atoms with van der Waals surface area (Å²) in [6.07, 6.45) is 5.10. The molecule has 3 aromatic heterocycles. The van der Waals surface area contributed by atoms with E-state index in [2.05, 4.69) is 125 Å². The largest absolute Gasteiger partial charge is 0.256 e.